The number of amides is 1. The number of hydrogen-bond acceptors (Lipinski definition) is 3. The van der Waals surface area contributed by atoms with Crippen molar-refractivity contribution in [3.05, 3.63) is 59.9 Å². The highest BCUT2D eigenvalue weighted by Crippen LogP contribution is 2.29. The minimum absolute atomic E-state index is 0.0862. The lowest BCUT2D eigenvalue weighted by Crippen LogP contribution is -2.28. The van der Waals surface area contributed by atoms with Crippen LogP contribution in [0.5, 0.6) is 0 Å². The monoisotopic (exact) mass is 284 g/mol. The number of para-hydroxylation sites is 1. The average molecular weight is 284 g/mol. The predicted octanol–water partition coefficient (Wildman–Crippen LogP) is 3.15. The molecule has 0 aliphatic heterocycles. The molecule has 110 valence electrons. The second kappa shape index (κ2) is 6.06. The number of aromatic nitrogens is 1. The molecule has 0 aliphatic carbocycles. The van der Waals surface area contributed by atoms with Crippen molar-refractivity contribution in [3.63, 3.8) is 0 Å². The van der Waals surface area contributed by atoms with Crippen LogP contribution in [0.2, 0.25) is 0 Å². The molecule has 0 aliphatic rings. The molecule has 1 aromatic heterocycles. The molecule has 2 rings (SSSR count). The van der Waals surface area contributed by atoms with Crippen molar-refractivity contribution in [2.75, 3.05) is 5.32 Å². The highest BCUT2D eigenvalue weighted by atomic mass is 16.3. The summed E-state index contributed by atoms with van der Waals surface area (Å²) in [5, 5.41) is 13.4. The zero-order valence-electron chi connectivity index (χ0n) is 12.5. The average Bonchev–Trinajstić information content (AvgIpc) is 2.47. The quantitative estimate of drug-likeness (QED) is 0.910. The molecule has 1 atom stereocenters. The van der Waals surface area contributed by atoms with Gasteiger partial charge in [-0.3, -0.25) is 9.78 Å². The van der Waals surface area contributed by atoms with Crippen LogP contribution >= 0.6 is 0 Å². The lowest BCUT2D eigenvalue weighted by atomic mass is 9.94. The third kappa shape index (κ3) is 3.67. The Morgan fingerprint density at radius 3 is 2.38 bits per heavy atom. The van der Waals surface area contributed by atoms with Crippen LogP contribution in [0, 0.1) is 5.41 Å². The van der Waals surface area contributed by atoms with E-state index in [4.69, 9.17) is 0 Å². The Balaban J connectivity index is 2.31. The van der Waals surface area contributed by atoms with Crippen molar-refractivity contribution < 1.29 is 9.90 Å². The molecular weight excluding hydrogens is 264 g/mol. The number of benzene rings is 1. The number of hydrogen-bond donors (Lipinski definition) is 2. The Hall–Kier alpha value is -2.20. The number of rotatable bonds is 3. The number of nitrogens with one attached hydrogen (secondary N) is 1. The summed E-state index contributed by atoms with van der Waals surface area (Å²) in [6.45, 7) is 5.55. The second-order valence-electron chi connectivity index (χ2n) is 5.97. The van der Waals surface area contributed by atoms with E-state index in [0.29, 0.717) is 11.3 Å². The summed E-state index contributed by atoms with van der Waals surface area (Å²) in [4.78, 5) is 16.1. The van der Waals surface area contributed by atoms with Gasteiger partial charge in [-0.15, -0.1) is 0 Å². The number of nitrogens with zero attached hydrogens (tertiary/aromatic N) is 1. The fourth-order valence-corrected chi connectivity index (χ4v) is 1.88. The van der Waals surface area contributed by atoms with Crippen molar-refractivity contribution in [1.29, 1.82) is 0 Å². The van der Waals surface area contributed by atoms with E-state index in [1.807, 2.05) is 39.0 Å². The molecule has 2 aromatic rings. The van der Waals surface area contributed by atoms with Crippen molar-refractivity contribution in [3.8, 4) is 0 Å². The van der Waals surface area contributed by atoms with Gasteiger partial charge in [0.15, 0.2) is 0 Å². The standard InChI is InChI=1S/C17H20N2O2/c1-17(2,3)16(21)19-14-7-5-4-6-13(14)15(20)12-8-10-18-11-9-12/h4-11,15,20H,1-3H3,(H,19,21). The summed E-state index contributed by atoms with van der Waals surface area (Å²) in [6, 6.07) is 10.8. The molecule has 0 fully saturated rings. The molecule has 0 saturated carbocycles. The first-order chi connectivity index (χ1) is 9.89. The van der Waals surface area contributed by atoms with Gasteiger partial charge in [0.2, 0.25) is 5.91 Å². The number of carbonyl (C=O) groups excluding carboxylic acids is 1. The van der Waals surface area contributed by atoms with Crippen LogP contribution in [-0.2, 0) is 4.79 Å². The number of aliphatic hydroxyl groups is 1. The van der Waals surface area contributed by atoms with Gasteiger partial charge in [0.1, 0.15) is 6.10 Å². The van der Waals surface area contributed by atoms with E-state index in [2.05, 4.69) is 10.3 Å². The van der Waals surface area contributed by atoms with E-state index in [1.165, 1.54) is 0 Å². The maximum absolute atomic E-state index is 12.1. The summed E-state index contributed by atoms with van der Waals surface area (Å²) in [5.74, 6) is -0.0862. The summed E-state index contributed by atoms with van der Waals surface area (Å²) < 4.78 is 0. The molecule has 0 bridgehead atoms. The topological polar surface area (TPSA) is 62.2 Å². The van der Waals surface area contributed by atoms with Gasteiger partial charge in [-0.1, -0.05) is 39.0 Å². The van der Waals surface area contributed by atoms with Gasteiger partial charge in [-0.2, -0.15) is 0 Å². The lowest BCUT2D eigenvalue weighted by Gasteiger charge is -2.21. The van der Waals surface area contributed by atoms with Gasteiger partial charge in [0.25, 0.3) is 0 Å². The molecule has 1 aromatic carbocycles. The molecule has 1 unspecified atom stereocenters. The minimum Gasteiger partial charge on any atom is -0.384 e. The normalized spacial score (nSPS) is 12.8. The fourth-order valence-electron chi connectivity index (χ4n) is 1.88. The van der Waals surface area contributed by atoms with Crippen molar-refractivity contribution in [2.24, 2.45) is 5.41 Å². The second-order valence-corrected chi connectivity index (χ2v) is 5.97. The summed E-state index contributed by atoms with van der Waals surface area (Å²) >= 11 is 0. The molecule has 21 heavy (non-hydrogen) atoms. The van der Waals surface area contributed by atoms with Crippen LogP contribution in [0.1, 0.15) is 38.0 Å². The Kier molecular flexibility index (Phi) is 4.38. The molecule has 0 spiro atoms. The first kappa shape index (κ1) is 15.2. The molecule has 1 heterocycles. The SMILES string of the molecule is CC(C)(C)C(=O)Nc1ccccc1C(O)c1ccncc1. The minimum atomic E-state index is -0.801. The van der Waals surface area contributed by atoms with Crippen LogP contribution in [0.3, 0.4) is 0 Å². The molecule has 2 N–H and O–H groups in total. The molecular formula is C17H20N2O2. The third-order valence-electron chi connectivity index (χ3n) is 3.21. The predicted molar refractivity (Wildman–Crippen MR) is 82.8 cm³/mol. The van der Waals surface area contributed by atoms with Crippen molar-refractivity contribution >= 4 is 11.6 Å². The highest BCUT2D eigenvalue weighted by Gasteiger charge is 2.23. The lowest BCUT2D eigenvalue weighted by molar-refractivity contribution is -0.123. The van der Waals surface area contributed by atoms with Crippen molar-refractivity contribution in [2.45, 2.75) is 26.9 Å². The van der Waals surface area contributed by atoms with Gasteiger partial charge in [-0.25, -0.2) is 0 Å². The summed E-state index contributed by atoms with van der Waals surface area (Å²) in [5.41, 5.74) is 1.54. The van der Waals surface area contributed by atoms with E-state index in [1.54, 1.807) is 30.6 Å². The van der Waals surface area contributed by atoms with Gasteiger partial charge in [0, 0.05) is 29.1 Å². The number of pyridine rings is 1. The largest absolute Gasteiger partial charge is 0.384 e. The molecule has 4 heteroatoms. The maximum atomic E-state index is 12.1. The van der Waals surface area contributed by atoms with E-state index in [9.17, 15) is 9.90 Å². The number of aliphatic hydroxyl groups excluding tert-OH is 1. The summed E-state index contributed by atoms with van der Waals surface area (Å²) in [6.07, 6.45) is 2.47. The van der Waals surface area contributed by atoms with Gasteiger partial charge >= 0.3 is 0 Å². The van der Waals surface area contributed by atoms with Crippen molar-refractivity contribution in [1.82, 2.24) is 4.98 Å². The smallest absolute Gasteiger partial charge is 0.229 e. The molecule has 4 nitrogen and oxygen atoms in total. The zero-order chi connectivity index (χ0) is 15.5. The van der Waals surface area contributed by atoms with E-state index in [0.717, 1.165) is 5.56 Å². The molecule has 0 saturated heterocycles. The van der Waals surface area contributed by atoms with Gasteiger partial charge in [0.05, 0.1) is 0 Å². The Bertz CT molecular complexity index is 618. The van der Waals surface area contributed by atoms with Crippen LogP contribution in [0.25, 0.3) is 0 Å². The van der Waals surface area contributed by atoms with E-state index < -0.39 is 11.5 Å². The summed E-state index contributed by atoms with van der Waals surface area (Å²) in [7, 11) is 0. The Labute approximate surface area is 124 Å². The fraction of sp³-hybridized carbons (Fsp3) is 0.294. The Morgan fingerprint density at radius 2 is 1.76 bits per heavy atom. The van der Waals surface area contributed by atoms with E-state index in [-0.39, 0.29) is 5.91 Å². The van der Waals surface area contributed by atoms with Crippen LogP contribution in [0.4, 0.5) is 5.69 Å². The molecule has 0 radical (unpaired) electrons. The zero-order valence-corrected chi connectivity index (χ0v) is 12.5. The third-order valence-corrected chi connectivity index (χ3v) is 3.21. The van der Waals surface area contributed by atoms with Gasteiger partial charge < -0.3 is 10.4 Å². The van der Waals surface area contributed by atoms with E-state index >= 15 is 0 Å². The maximum Gasteiger partial charge on any atom is 0.229 e. The van der Waals surface area contributed by atoms with Gasteiger partial charge in [-0.05, 0) is 23.8 Å². The highest BCUT2D eigenvalue weighted by molar-refractivity contribution is 5.95. The van der Waals surface area contributed by atoms with Crippen LogP contribution < -0.4 is 5.32 Å². The molecule has 1 amide bonds. The van der Waals surface area contributed by atoms with Crippen LogP contribution in [-0.4, -0.2) is 16.0 Å². The first-order valence-corrected chi connectivity index (χ1v) is 6.88. The first-order valence-electron chi connectivity index (χ1n) is 6.88. The number of anilines is 1. The van der Waals surface area contributed by atoms with Crippen LogP contribution in [0.15, 0.2) is 48.8 Å². The number of carbonyl (C=O) groups is 1. The Morgan fingerprint density at radius 1 is 1.14 bits per heavy atom.